The molecule has 1 aliphatic rings. The zero-order valence-electron chi connectivity index (χ0n) is 12.2. The van der Waals surface area contributed by atoms with E-state index in [2.05, 4.69) is 17.2 Å². The molecule has 2 rings (SSSR count). The first-order valence-electron chi connectivity index (χ1n) is 7.43. The number of rotatable bonds is 5. The molecule has 0 atom stereocenters. The van der Waals surface area contributed by atoms with Gasteiger partial charge in [-0.2, -0.15) is 5.26 Å². The van der Waals surface area contributed by atoms with E-state index in [1.807, 2.05) is 0 Å². The Bertz CT molecular complexity index is 545. The Balaban J connectivity index is 1.92. The quantitative estimate of drug-likeness (QED) is 0.661. The van der Waals surface area contributed by atoms with Crippen LogP contribution in [0.15, 0.2) is 12.1 Å². The van der Waals surface area contributed by atoms with Gasteiger partial charge in [-0.3, -0.25) is 10.1 Å². The second kappa shape index (κ2) is 7.02. The lowest BCUT2D eigenvalue weighted by atomic mass is 9.81. The highest BCUT2D eigenvalue weighted by atomic mass is 16.6. The number of nitro groups is 1. The Labute approximate surface area is 124 Å². The summed E-state index contributed by atoms with van der Waals surface area (Å²) in [5.74, 6) is 2.02. The van der Waals surface area contributed by atoms with Crippen LogP contribution in [0.5, 0.6) is 0 Å². The van der Waals surface area contributed by atoms with E-state index < -0.39 is 4.92 Å². The fraction of sp³-hybridized carbons (Fsp3) is 0.600. The van der Waals surface area contributed by atoms with Crippen LogP contribution in [0.25, 0.3) is 0 Å². The first kappa shape index (κ1) is 15.2. The minimum absolute atomic E-state index is 0.139. The van der Waals surface area contributed by atoms with Crippen LogP contribution in [0.1, 0.15) is 44.7 Å². The first-order valence-corrected chi connectivity index (χ1v) is 7.43. The fourth-order valence-electron chi connectivity index (χ4n) is 2.87. The van der Waals surface area contributed by atoms with E-state index in [9.17, 15) is 10.1 Å². The van der Waals surface area contributed by atoms with Crippen LogP contribution in [-0.2, 0) is 0 Å². The standard InChI is InChI=1S/C15H20N4O2/c1-2-11-3-5-12(6-4-11)10-17-15-8-7-14(19(20)21)13(9-16)18-15/h7-8,11-12H,2-6,10H2,1H3,(H,17,18). The highest BCUT2D eigenvalue weighted by molar-refractivity contribution is 5.50. The molecule has 0 bridgehead atoms. The van der Waals surface area contributed by atoms with E-state index in [-0.39, 0.29) is 11.4 Å². The van der Waals surface area contributed by atoms with Crippen molar-refractivity contribution in [1.29, 1.82) is 5.26 Å². The number of anilines is 1. The first-order chi connectivity index (χ1) is 10.1. The molecule has 1 heterocycles. The number of nitriles is 1. The molecule has 1 fully saturated rings. The molecule has 112 valence electrons. The van der Waals surface area contributed by atoms with E-state index >= 15 is 0 Å². The molecule has 1 aromatic rings. The molecule has 21 heavy (non-hydrogen) atoms. The van der Waals surface area contributed by atoms with Crippen LogP contribution in [0, 0.1) is 33.3 Å². The van der Waals surface area contributed by atoms with Crippen LogP contribution < -0.4 is 5.32 Å². The fourth-order valence-corrected chi connectivity index (χ4v) is 2.87. The van der Waals surface area contributed by atoms with Gasteiger partial charge in [-0.05, 0) is 30.7 Å². The van der Waals surface area contributed by atoms with Crippen molar-refractivity contribution >= 4 is 11.5 Å². The Hall–Kier alpha value is -2.16. The third-order valence-corrected chi connectivity index (χ3v) is 4.29. The second-order valence-corrected chi connectivity index (χ2v) is 5.61. The van der Waals surface area contributed by atoms with Gasteiger partial charge in [0.25, 0.3) is 0 Å². The summed E-state index contributed by atoms with van der Waals surface area (Å²) < 4.78 is 0. The molecule has 6 nitrogen and oxygen atoms in total. The number of pyridine rings is 1. The van der Waals surface area contributed by atoms with Gasteiger partial charge in [-0.25, -0.2) is 4.98 Å². The van der Waals surface area contributed by atoms with Gasteiger partial charge < -0.3 is 5.32 Å². The Morgan fingerprint density at radius 2 is 2.05 bits per heavy atom. The molecule has 0 saturated heterocycles. The van der Waals surface area contributed by atoms with Crippen molar-refractivity contribution in [2.75, 3.05) is 11.9 Å². The van der Waals surface area contributed by atoms with Crippen molar-refractivity contribution in [3.63, 3.8) is 0 Å². The average Bonchev–Trinajstić information content (AvgIpc) is 2.52. The number of hydrogen-bond donors (Lipinski definition) is 1. The molecule has 6 heteroatoms. The van der Waals surface area contributed by atoms with Crippen molar-refractivity contribution < 1.29 is 4.92 Å². The van der Waals surface area contributed by atoms with Gasteiger partial charge in [0, 0.05) is 12.6 Å². The molecule has 0 spiro atoms. The lowest BCUT2D eigenvalue weighted by Crippen LogP contribution is -2.21. The van der Waals surface area contributed by atoms with E-state index in [0.717, 1.165) is 12.5 Å². The van der Waals surface area contributed by atoms with Crippen LogP contribution in [0.3, 0.4) is 0 Å². The molecule has 0 unspecified atom stereocenters. The summed E-state index contributed by atoms with van der Waals surface area (Å²) in [5, 5.41) is 22.9. The average molecular weight is 288 g/mol. The second-order valence-electron chi connectivity index (χ2n) is 5.61. The third kappa shape index (κ3) is 3.91. The lowest BCUT2D eigenvalue weighted by molar-refractivity contribution is -0.385. The van der Waals surface area contributed by atoms with Crippen LogP contribution >= 0.6 is 0 Å². The summed E-state index contributed by atoms with van der Waals surface area (Å²) in [4.78, 5) is 14.2. The Morgan fingerprint density at radius 1 is 1.38 bits per heavy atom. The number of nitrogens with one attached hydrogen (secondary N) is 1. The normalized spacial score (nSPS) is 21.5. The maximum Gasteiger partial charge on any atom is 0.305 e. The summed E-state index contributed by atoms with van der Waals surface area (Å²) in [6.45, 7) is 3.06. The topological polar surface area (TPSA) is 91.9 Å². The van der Waals surface area contributed by atoms with Crippen LogP contribution in [0.4, 0.5) is 11.5 Å². The van der Waals surface area contributed by atoms with Gasteiger partial charge >= 0.3 is 5.69 Å². The maximum atomic E-state index is 10.8. The van der Waals surface area contributed by atoms with E-state index in [0.29, 0.717) is 11.7 Å². The van der Waals surface area contributed by atoms with Crippen molar-refractivity contribution in [2.45, 2.75) is 39.0 Å². The smallest absolute Gasteiger partial charge is 0.305 e. The summed E-state index contributed by atoms with van der Waals surface area (Å²) in [7, 11) is 0. The van der Waals surface area contributed by atoms with E-state index in [4.69, 9.17) is 5.26 Å². The molecular formula is C15H20N4O2. The molecule has 1 saturated carbocycles. The van der Waals surface area contributed by atoms with Gasteiger partial charge in [0.05, 0.1) is 4.92 Å². The molecule has 0 aliphatic heterocycles. The third-order valence-electron chi connectivity index (χ3n) is 4.29. The Morgan fingerprint density at radius 3 is 2.62 bits per heavy atom. The number of nitrogens with zero attached hydrogens (tertiary/aromatic N) is 3. The molecule has 0 radical (unpaired) electrons. The van der Waals surface area contributed by atoms with Crippen molar-refractivity contribution in [1.82, 2.24) is 4.98 Å². The predicted molar refractivity (Wildman–Crippen MR) is 79.8 cm³/mol. The monoisotopic (exact) mass is 288 g/mol. The van der Waals surface area contributed by atoms with Crippen LogP contribution in [-0.4, -0.2) is 16.5 Å². The van der Waals surface area contributed by atoms with Gasteiger partial charge in [0.15, 0.2) is 0 Å². The molecule has 1 aliphatic carbocycles. The highest BCUT2D eigenvalue weighted by Crippen LogP contribution is 2.30. The molecule has 1 aromatic heterocycles. The molecule has 1 N–H and O–H groups in total. The zero-order valence-corrected chi connectivity index (χ0v) is 12.2. The molecule has 0 aromatic carbocycles. The van der Waals surface area contributed by atoms with Gasteiger partial charge in [0.1, 0.15) is 11.9 Å². The number of aromatic nitrogens is 1. The van der Waals surface area contributed by atoms with E-state index in [1.54, 1.807) is 12.1 Å². The van der Waals surface area contributed by atoms with Crippen LogP contribution in [0.2, 0.25) is 0 Å². The largest absolute Gasteiger partial charge is 0.370 e. The van der Waals surface area contributed by atoms with Gasteiger partial charge in [-0.15, -0.1) is 0 Å². The minimum Gasteiger partial charge on any atom is -0.370 e. The summed E-state index contributed by atoms with van der Waals surface area (Å²) >= 11 is 0. The summed E-state index contributed by atoms with van der Waals surface area (Å²) in [6.07, 6.45) is 6.24. The SMILES string of the molecule is CCC1CCC(CNc2ccc([N+](=O)[O-])c(C#N)n2)CC1. The maximum absolute atomic E-state index is 10.8. The summed E-state index contributed by atoms with van der Waals surface area (Å²) in [5.41, 5.74) is -0.383. The van der Waals surface area contributed by atoms with Crippen molar-refractivity contribution in [3.05, 3.63) is 27.9 Å². The molecule has 0 amide bonds. The zero-order chi connectivity index (χ0) is 15.2. The van der Waals surface area contributed by atoms with E-state index in [1.165, 1.54) is 38.2 Å². The predicted octanol–water partition coefficient (Wildman–Crippen LogP) is 3.49. The summed E-state index contributed by atoms with van der Waals surface area (Å²) in [6, 6.07) is 4.68. The van der Waals surface area contributed by atoms with Gasteiger partial charge in [-0.1, -0.05) is 26.2 Å². The number of hydrogen-bond acceptors (Lipinski definition) is 5. The van der Waals surface area contributed by atoms with Gasteiger partial charge in [0.2, 0.25) is 5.69 Å². The van der Waals surface area contributed by atoms with Crippen molar-refractivity contribution in [2.24, 2.45) is 11.8 Å². The minimum atomic E-state index is -0.582. The van der Waals surface area contributed by atoms with Crippen molar-refractivity contribution in [3.8, 4) is 6.07 Å². The lowest BCUT2D eigenvalue weighted by Gasteiger charge is -2.27. The Kier molecular flexibility index (Phi) is 5.09. The molecular weight excluding hydrogens is 268 g/mol. The highest BCUT2D eigenvalue weighted by Gasteiger charge is 2.20.